The molecule has 1 heterocycles. The zero-order chi connectivity index (χ0) is 6.69. The van der Waals surface area contributed by atoms with Crippen LogP contribution in [-0.4, -0.2) is 9.97 Å². The highest BCUT2D eigenvalue weighted by Gasteiger charge is 1.91. The summed E-state index contributed by atoms with van der Waals surface area (Å²) in [4.78, 5) is 6.90. The first-order valence-electron chi connectivity index (χ1n) is 2.96. The number of nitrogens with one attached hydrogen (secondary N) is 1. The lowest BCUT2D eigenvalue weighted by molar-refractivity contribution is 1.29. The predicted molar refractivity (Wildman–Crippen MR) is 37.9 cm³/mol. The molecule has 0 aliphatic heterocycles. The molecule has 0 fully saturated rings. The molecule has 0 aliphatic carbocycles. The van der Waals surface area contributed by atoms with E-state index in [-0.39, 0.29) is 0 Å². The molecule has 0 saturated heterocycles. The Morgan fingerprint density at radius 2 is 2.56 bits per heavy atom. The lowest BCUT2D eigenvalue weighted by Gasteiger charge is -1.90. The first-order valence-corrected chi connectivity index (χ1v) is 2.96. The predicted octanol–water partition coefficient (Wildman–Crippen LogP) is 1.83. The van der Waals surface area contributed by atoms with Gasteiger partial charge in [-0.25, -0.2) is 4.98 Å². The van der Waals surface area contributed by atoms with Gasteiger partial charge in [-0.15, -0.1) is 0 Å². The minimum absolute atomic E-state index is 1.09. The van der Waals surface area contributed by atoms with E-state index in [0.29, 0.717) is 0 Å². The van der Waals surface area contributed by atoms with Gasteiger partial charge in [0.05, 0.1) is 18.2 Å². The van der Waals surface area contributed by atoms with Crippen molar-refractivity contribution in [3.63, 3.8) is 0 Å². The molecule has 0 saturated carbocycles. The summed E-state index contributed by atoms with van der Waals surface area (Å²) in [6, 6.07) is 0. The summed E-state index contributed by atoms with van der Waals surface area (Å²) >= 11 is 0. The Bertz CT molecular complexity index is 197. The fourth-order valence-electron chi connectivity index (χ4n) is 0.627. The number of imidazole rings is 1. The number of H-pyrrole nitrogens is 1. The van der Waals surface area contributed by atoms with E-state index in [9.17, 15) is 0 Å². The van der Waals surface area contributed by atoms with E-state index >= 15 is 0 Å². The van der Waals surface area contributed by atoms with Gasteiger partial charge in [0, 0.05) is 0 Å². The number of aromatic nitrogens is 2. The van der Waals surface area contributed by atoms with E-state index in [4.69, 9.17) is 0 Å². The van der Waals surface area contributed by atoms with Crippen LogP contribution in [0.3, 0.4) is 0 Å². The van der Waals surface area contributed by atoms with Crippen LogP contribution in [0.5, 0.6) is 0 Å². The van der Waals surface area contributed by atoms with Crippen LogP contribution in [0.15, 0.2) is 18.6 Å². The lowest BCUT2D eigenvalue weighted by Crippen LogP contribution is -1.74. The zero-order valence-corrected chi connectivity index (χ0v) is 5.68. The Labute approximate surface area is 54.6 Å². The molecule has 2 heteroatoms. The summed E-state index contributed by atoms with van der Waals surface area (Å²) in [5.74, 6) is 0. The van der Waals surface area contributed by atoms with Gasteiger partial charge in [-0.2, -0.15) is 0 Å². The van der Waals surface area contributed by atoms with E-state index in [0.717, 1.165) is 5.69 Å². The third-order valence-electron chi connectivity index (χ3n) is 1.36. The summed E-state index contributed by atoms with van der Waals surface area (Å²) in [6.07, 6.45) is 5.55. The zero-order valence-electron chi connectivity index (χ0n) is 5.68. The third-order valence-corrected chi connectivity index (χ3v) is 1.36. The van der Waals surface area contributed by atoms with Gasteiger partial charge in [0.1, 0.15) is 0 Å². The number of aromatic amines is 1. The van der Waals surface area contributed by atoms with Crippen LogP contribution < -0.4 is 0 Å². The van der Waals surface area contributed by atoms with Crippen LogP contribution in [0.2, 0.25) is 0 Å². The van der Waals surface area contributed by atoms with Gasteiger partial charge < -0.3 is 4.98 Å². The molecular weight excluding hydrogens is 112 g/mol. The Morgan fingerprint density at radius 3 is 3.00 bits per heavy atom. The molecule has 0 radical (unpaired) electrons. The normalized spacial score (nSPS) is 12.0. The molecule has 1 aromatic heterocycles. The van der Waals surface area contributed by atoms with E-state index in [2.05, 4.69) is 9.97 Å². The molecule has 9 heavy (non-hydrogen) atoms. The minimum atomic E-state index is 1.09. The van der Waals surface area contributed by atoms with Gasteiger partial charge in [0.2, 0.25) is 0 Å². The van der Waals surface area contributed by atoms with Crippen molar-refractivity contribution in [3.8, 4) is 0 Å². The average Bonchev–Trinajstić information content (AvgIpc) is 2.37. The van der Waals surface area contributed by atoms with Crippen molar-refractivity contribution >= 4 is 5.57 Å². The Hall–Kier alpha value is -1.05. The number of allylic oxidation sites excluding steroid dienone is 2. The quantitative estimate of drug-likeness (QED) is 0.604. The van der Waals surface area contributed by atoms with Crippen LogP contribution >= 0.6 is 0 Å². The molecule has 0 aliphatic rings. The molecule has 2 nitrogen and oxygen atoms in total. The second kappa shape index (κ2) is 2.49. The van der Waals surface area contributed by atoms with Gasteiger partial charge in [0.15, 0.2) is 0 Å². The molecular formula is C7H10N2. The monoisotopic (exact) mass is 122 g/mol. The summed E-state index contributed by atoms with van der Waals surface area (Å²) in [7, 11) is 0. The summed E-state index contributed by atoms with van der Waals surface area (Å²) < 4.78 is 0. The molecule has 0 amide bonds. The summed E-state index contributed by atoms with van der Waals surface area (Å²) in [5.41, 5.74) is 2.32. The SMILES string of the molecule is CC=C(C)c1cnc[nH]1. The molecule has 0 spiro atoms. The fourth-order valence-corrected chi connectivity index (χ4v) is 0.627. The van der Waals surface area contributed by atoms with Crippen molar-refractivity contribution in [1.29, 1.82) is 0 Å². The maximum absolute atomic E-state index is 3.89. The topological polar surface area (TPSA) is 28.7 Å². The van der Waals surface area contributed by atoms with E-state index in [1.54, 1.807) is 6.33 Å². The second-order valence-corrected chi connectivity index (χ2v) is 1.94. The minimum Gasteiger partial charge on any atom is -0.345 e. The largest absolute Gasteiger partial charge is 0.345 e. The van der Waals surface area contributed by atoms with Crippen molar-refractivity contribution in [2.45, 2.75) is 13.8 Å². The number of rotatable bonds is 1. The first-order chi connectivity index (χ1) is 4.34. The van der Waals surface area contributed by atoms with Crippen LogP contribution in [0, 0.1) is 0 Å². The van der Waals surface area contributed by atoms with Crippen LogP contribution in [-0.2, 0) is 0 Å². The molecule has 1 rings (SSSR count). The van der Waals surface area contributed by atoms with Crippen LogP contribution in [0.4, 0.5) is 0 Å². The van der Waals surface area contributed by atoms with Crippen molar-refractivity contribution in [1.82, 2.24) is 9.97 Å². The van der Waals surface area contributed by atoms with Crippen molar-refractivity contribution < 1.29 is 0 Å². The number of nitrogens with zero attached hydrogens (tertiary/aromatic N) is 1. The highest BCUT2D eigenvalue weighted by molar-refractivity contribution is 5.58. The highest BCUT2D eigenvalue weighted by Crippen LogP contribution is 2.06. The van der Waals surface area contributed by atoms with E-state index in [1.165, 1.54) is 5.57 Å². The van der Waals surface area contributed by atoms with Crippen LogP contribution in [0.1, 0.15) is 19.5 Å². The molecule has 48 valence electrons. The second-order valence-electron chi connectivity index (χ2n) is 1.94. The molecule has 0 atom stereocenters. The van der Waals surface area contributed by atoms with Crippen molar-refractivity contribution in [3.05, 3.63) is 24.3 Å². The highest BCUT2D eigenvalue weighted by atomic mass is 14.9. The molecule has 1 aromatic rings. The Balaban J connectivity index is 2.90. The maximum Gasteiger partial charge on any atom is 0.0924 e. The smallest absolute Gasteiger partial charge is 0.0924 e. The van der Waals surface area contributed by atoms with Gasteiger partial charge >= 0.3 is 0 Å². The molecule has 0 unspecified atom stereocenters. The number of hydrogen-bond acceptors (Lipinski definition) is 1. The Kier molecular flexibility index (Phi) is 1.68. The van der Waals surface area contributed by atoms with E-state index in [1.807, 2.05) is 26.1 Å². The lowest BCUT2D eigenvalue weighted by atomic mass is 10.2. The molecule has 1 N–H and O–H groups in total. The van der Waals surface area contributed by atoms with Crippen LogP contribution in [0.25, 0.3) is 5.57 Å². The van der Waals surface area contributed by atoms with Gasteiger partial charge in [-0.3, -0.25) is 0 Å². The maximum atomic E-state index is 3.89. The van der Waals surface area contributed by atoms with Gasteiger partial charge in [0.25, 0.3) is 0 Å². The van der Waals surface area contributed by atoms with Crippen molar-refractivity contribution in [2.75, 3.05) is 0 Å². The fraction of sp³-hybridized carbons (Fsp3) is 0.286. The summed E-state index contributed by atoms with van der Waals surface area (Å²) in [5, 5.41) is 0. The van der Waals surface area contributed by atoms with Crippen molar-refractivity contribution in [2.24, 2.45) is 0 Å². The molecule has 0 bridgehead atoms. The molecule has 0 aromatic carbocycles. The Morgan fingerprint density at radius 1 is 1.78 bits per heavy atom. The standard InChI is InChI=1S/C7H10N2/c1-3-6(2)7-4-8-5-9-7/h3-5H,1-2H3,(H,8,9). The number of hydrogen-bond donors (Lipinski definition) is 1. The average molecular weight is 122 g/mol. The summed E-state index contributed by atoms with van der Waals surface area (Å²) in [6.45, 7) is 4.06. The van der Waals surface area contributed by atoms with Gasteiger partial charge in [-0.1, -0.05) is 6.08 Å². The first kappa shape index (κ1) is 6.08. The van der Waals surface area contributed by atoms with Gasteiger partial charge in [-0.05, 0) is 19.4 Å². The third kappa shape index (κ3) is 1.19. The van der Waals surface area contributed by atoms with E-state index < -0.39 is 0 Å².